The first-order valence-corrected chi connectivity index (χ1v) is 11.1. The Morgan fingerprint density at radius 3 is 2.31 bits per heavy atom. The van der Waals surface area contributed by atoms with Gasteiger partial charge in [-0.05, 0) is 23.0 Å². The van der Waals surface area contributed by atoms with Gasteiger partial charge >= 0.3 is 0 Å². The Kier molecular flexibility index (Phi) is 6.28. The molecule has 1 radical (unpaired) electrons. The Labute approximate surface area is 189 Å². The highest BCUT2D eigenvalue weighted by atomic mass is 16.5. The first-order valence-electron chi connectivity index (χ1n) is 11.1. The van der Waals surface area contributed by atoms with Gasteiger partial charge in [0.1, 0.15) is 17.5 Å². The Hall–Kier alpha value is -3.18. The summed E-state index contributed by atoms with van der Waals surface area (Å²) in [6.45, 7) is 8.39. The van der Waals surface area contributed by atoms with Gasteiger partial charge in [0.25, 0.3) is 0 Å². The van der Waals surface area contributed by atoms with Gasteiger partial charge in [0, 0.05) is 17.0 Å². The van der Waals surface area contributed by atoms with E-state index in [1.54, 1.807) is 0 Å². The summed E-state index contributed by atoms with van der Waals surface area (Å²) in [5, 5.41) is 12.5. The standard InChI is InChI=1S/C27H29N2O3/c1-5-18-11-13-19(14-12-18)22-23-25(31-16-21(15-30)27(2,3)4)28-17-29-26(23)32-24(22)20-9-7-6-8-10-20/h6-14,17,21H,5,15-16H2,1-4H3. The van der Waals surface area contributed by atoms with Crippen LogP contribution in [-0.4, -0.2) is 23.2 Å². The molecule has 1 unspecified atom stereocenters. The largest absolute Gasteiger partial charge is 0.477 e. The van der Waals surface area contributed by atoms with Crippen LogP contribution in [0.4, 0.5) is 0 Å². The van der Waals surface area contributed by atoms with Crippen LogP contribution in [0, 0.1) is 11.3 Å². The summed E-state index contributed by atoms with van der Waals surface area (Å²) in [6, 6.07) is 18.4. The highest BCUT2D eigenvalue weighted by Crippen LogP contribution is 2.43. The number of aromatic nitrogens is 2. The lowest BCUT2D eigenvalue weighted by Gasteiger charge is -2.28. The average Bonchev–Trinajstić information content (AvgIpc) is 3.19. The van der Waals surface area contributed by atoms with Gasteiger partial charge < -0.3 is 9.15 Å². The molecule has 2 aromatic heterocycles. The van der Waals surface area contributed by atoms with Crippen LogP contribution in [0.3, 0.4) is 0 Å². The van der Waals surface area contributed by atoms with Crippen LogP contribution in [0.1, 0.15) is 33.3 Å². The molecule has 1 atom stereocenters. The quantitative estimate of drug-likeness (QED) is 0.332. The van der Waals surface area contributed by atoms with Crippen molar-refractivity contribution < 1.29 is 14.3 Å². The van der Waals surface area contributed by atoms with E-state index in [0.717, 1.165) is 34.3 Å². The Bertz CT molecular complexity index is 1180. The van der Waals surface area contributed by atoms with Gasteiger partial charge in [-0.15, -0.1) is 0 Å². The first kappa shape index (κ1) is 22.0. The number of furan rings is 1. The number of benzene rings is 2. The molecule has 0 fully saturated rings. The maximum absolute atomic E-state index is 11.8. The first-order chi connectivity index (χ1) is 15.4. The number of rotatable bonds is 7. The van der Waals surface area contributed by atoms with Crippen LogP contribution in [0.2, 0.25) is 0 Å². The van der Waals surface area contributed by atoms with E-state index in [4.69, 9.17) is 9.15 Å². The lowest BCUT2D eigenvalue weighted by molar-refractivity contribution is 0.0459. The molecule has 4 aromatic rings. The molecule has 5 heteroatoms. The van der Waals surface area contributed by atoms with Gasteiger partial charge in [0.2, 0.25) is 11.6 Å². The Morgan fingerprint density at radius 2 is 1.69 bits per heavy atom. The van der Waals surface area contributed by atoms with Crippen molar-refractivity contribution in [2.45, 2.75) is 34.1 Å². The molecule has 0 N–H and O–H groups in total. The van der Waals surface area contributed by atoms with Crippen molar-refractivity contribution in [3.63, 3.8) is 0 Å². The van der Waals surface area contributed by atoms with Crippen LogP contribution in [0.5, 0.6) is 5.88 Å². The molecule has 0 saturated heterocycles. The van der Waals surface area contributed by atoms with Gasteiger partial charge in [-0.3, -0.25) is 0 Å². The SMILES string of the molecule is CCc1ccc(-c2c(-c3ccccc3)oc3ncnc(OCC(C[O])C(C)(C)C)c23)cc1. The molecule has 0 saturated carbocycles. The number of fused-ring (bicyclic) bond motifs is 1. The predicted molar refractivity (Wildman–Crippen MR) is 126 cm³/mol. The molecule has 0 aliphatic carbocycles. The third kappa shape index (κ3) is 4.39. The third-order valence-electron chi connectivity index (χ3n) is 5.99. The molecule has 0 spiro atoms. The summed E-state index contributed by atoms with van der Waals surface area (Å²) in [5.41, 5.74) is 4.45. The molecule has 2 aromatic carbocycles. The number of nitrogens with zero attached hydrogens (tertiary/aromatic N) is 2. The van der Waals surface area contributed by atoms with Crippen molar-refractivity contribution in [2.24, 2.45) is 11.3 Å². The zero-order chi connectivity index (χ0) is 22.7. The van der Waals surface area contributed by atoms with Crippen LogP contribution in [-0.2, 0) is 11.5 Å². The molecule has 0 amide bonds. The molecule has 2 heterocycles. The van der Waals surface area contributed by atoms with Crippen molar-refractivity contribution >= 4 is 11.1 Å². The number of hydrogen-bond donors (Lipinski definition) is 0. The second kappa shape index (κ2) is 9.13. The lowest BCUT2D eigenvalue weighted by atomic mass is 9.82. The van der Waals surface area contributed by atoms with Crippen molar-refractivity contribution in [3.8, 4) is 28.3 Å². The molecule has 5 nitrogen and oxygen atoms in total. The topological polar surface area (TPSA) is 68.1 Å². The van der Waals surface area contributed by atoms with Crippen LogP contribution < -0.4 is 4.74 Å². The fourth-order valence-corrected chi connectivity index (χ4v) is 3.72. The van der Waals surface area contributed by atoms with Crippen molar-refractivity contribution in [3.05, 3.63) is 66.5 Å². The second-order valence-electron chi connectivity index (χ2n) is 9.12. The monoisotopic (exact) mass is 429 g/mol. The van der Waals surface area contributed by atoms with E-state index in [2.05, 4.69) is 61.9 Å². The average molecular weight is 430 g/mol. The van der Waals surface area contributed by atoms with Gasteiger partial charge in [-0.2, -0.15) is 0 Å². The zero-order valence-corrected chi connectivity index (χ0v) is 19.1. The van der Waals surface area contributed by atoms with Crippen LogP contribution in [0.15, 0.2) is 65.3 Å². The molecule has 165 valence electrons. The number of ether oxygens (including phenoxy) is 1. The van der Waals surface area contributed by atoms with Gasteiger partial charge in [-0.1, -0.05) is 82.3 Å². The molecule has 4 rings (SSSR count). The summed E-state index contributed by atoms with van der Waals surface area (Å²) in [4.78, 5) is 8.81. The second-order valence-corrected chi connectivity index (χ2v) is 9.12. The van der Waals surface area contributed by atoms with E-state index in [1.165, 1.54) is 11.9 Å². The Morgan fingerprint density at radius 1 is 0.969 bits per heavy atom. The summed E-state index contributed by atoms with van der Waals surface area (Å²) >= 11 is 0. The summed E-state index contributed by atoms with van der Waals surface area (Å²) in [6.07, 6.45) is 2.42. The van der Waals surface area contributed by atoms with Gasteiger partial charge in [0.15, 0.2) is 0 Å². The normalized spacial score (nSPS) is 12.8. The molecule has 0 aliphatic rings. The minimum atomic E-state index is -0.205. The molecule has 0 bridgehead atoms. The van der Waals surface area contributed by atoms with E-state index in [-0.39, 0.29) is 17.9 Å². The molecular formula is C27H29N2O3. The van der Waals surface area contributed by atoms with Crippen LogP contribution in [0.25, 0.3) is 33.6 Å². The predicted octanol–water partition coefficient (Wildman–Crippen LogP) is 6.59. The van der Waals surface area contributed by atoms with Crippen LogP contribution >= 0.6 is 0 Å². The minimum absolute atomic E-state index is 0.139. The maximum Gasteiger partial charge on any atom is 0.234 e. The van der Waals surface area contributed by atoms with E-state index >= 15 is 0 Å². The smallest absolute Gasteiger partial charge is 0.234 e. The summed E-state index contributed by atoms with van der Waals surface area (Å²) < 4.78 is 12.4. The van der Waals surface area contributed by atoms with E-state index in [9.17, 15) is 5.11 Å². The molecule has 32 heavy (non-hydrogen) atoms. The van der Waals surface area contributed by atoms with Crippen molar-refractivity contribution in [1.82, 2.24) is 9.97 Å². The lowest BCUT2D eigenvalue weighted by Crippen LogP contribution is -2.29. The van der Waals surface area contributed by atoms with Gasteiger partial charge in [-0.25, -0.2) is 15.1 Å². The fraction of sp³-hybridized carbons (Fsp3) is 0.333. The van der Waals surface area contributed by atoms with Gasteiger partial charge in [0.05, 0.1) is 13.2 Å². The summed E-state index contributed by atoms with van der Waals surface area (Å²) in [7, 11) is 0. The zero-order valence-electron chi connectivity index (χ0n) is 19.1. The molecule has 0 aliphatic heterocycles. The van der Waals surface area contributed by atoms with E-state index < -0.39 is 0 Å². The minimum Gasteiger partial charge on any atom is -0.477 e. The Balaban J connectivity index is 1.87. The third-order valence-corrected chi connectivity index (χ3v) is 5.99. The van der Waals surface area contributed by atoms with E-state index in [1.807, 2.05) is 30.3 Å². The van der Waals surface area contributed by atoms with Crippen molar-refractivity contribution in [2.75, 3.05) is 13.2 Å². The van der Waals surface area contributed by atoms with E-state index in [0.29, 0.717) is 18.2 Å². The number of hydrogen-bond acceptors (Lipinski definition) is 4. The van der Waals surface area contributed by atoms with Crippen molar-refractivity contribution in [1.29, 1.82) is 0 Å². The number of aryl methyl sites for hydroxylation is 1. The fourth-order valence-electron chi connectivity index (χ4n) is 3.72. The maximum atomic E-state index is 11.8. The molecular weight excluding hydrogens is 400 g/mol. The highest BCUT2D eigenvalue weighted by Gasteiger charge is 2.27. The highest BCUT2D eigenvalue weighted by molar-refractivity contribution is 6.03. The summed E-state index contributed by atoms with van der Waals surface area (Å²) in [5.74, 6) is 1.03.